The molecule has 0 N–H and O–H groups in total. The Morgan fingerprint density at radius 2 is 1.77 bits per heavy atom. The Bertz CT molecular complexity index is 652. The average Bonchev–Trinajstić information content (AvgIpc) is 3.33. The molecule has 1 aromatic heterocycles. The van der Waals surface area contributed by atoms with Gasteiger partial charge in [0.1, 0.15) is 0 Å². The number of nitrogens with zero attached hydrogens (tertiary/aromatic N) is 4. The number of hydrogen-bond donors (Lipinski definition) is 0. The topological polar surface area (TPSA) is 39.7 Å². The monoisotopic (exact) mass is 412 g/mol. The van der Waals surface area contributed by atoms with Crippen LogP contribution in [-0.4, -0.2) is 70.4 Å². The van der Waals surface area contributed by atoms with E-state index in [1.165, 1.54) is 57.1 Å². The van der Waals surface area contributed by atoms with Crippen LogP contribution in [0.25, 0.3) is 0 Å². The summed E-state index contributed by atoms with van der Waals surface area (Å²) in [5.74, 6) is 0.685. The molecule has 3 aliphatic rings. The van der Waals surface area contributed by atoms with E-state index in [0.717, 1.165) is 45.6 Å². The fraction of sp³-hybridized carbons (Fsp3) is 0.760. The number of amides is 1. The van der Waals surface area contributed by atoms with Gasteiger partial charge in [0, 0.05) is 44.1 Å². The maximum Gasteiger partial charge on any atom is 0.227 e. The van der Waals surface area contributed by atoms with Crippen LogP contribution in [0, 0.1) is 5.92 Å². The number of rotatable bonds is 7. The van der Waals surface area contributed by atoms with Gasteiger partial charge in [-0.05, 0) is 82.3 Å². The lowest BCUT2D eigenvalue weighted by atomic mass is 9.92. The molecule has 3 fully saturated rings. The second kappa shape index (κ2) is 10.7. The van der Waals surface area contributed by atoms with Gasteiger partial charge < -0.3 is 4.90 Å². The van der Waals surface area contributed by atoms with Crippen LogP contribution in [0.1, 0.15) is 70.3 Å². The number of pyridine rings is 1. The molecule has 1 saturated carbocycles. The van der Waals surface area contributed by atoms with E-state index >= 15 is 0 Å². The van der Waals surface area contributed by atoms with Crippen LogP contribution in [0.3, 0.4) is 0 Å². The lowest BCUT2D eigenvalue weighted by Gasteiger charge is -2.43. The SMILES string of the molecule is CCCN(C(=O)[C@@H]1CCCN(C2CCN(Cc3ccncc3)CC2)C1)C1CCCC1. The fourth-order valence-electron chi connectivity index (χ4n) is 5.89. The van der Waals surface area contributed by atoms with Crippen molar-refractivity contribution in [2.24, 2.45) is 5.92 Å². The van der Waals surface area contributed by atoms with E-state index < -0.39 is 0 Å². The van der Waals surface area contributed by atoms with Gasteiger partial charge in [-0.2, -0.15) is 0 Å². The maximum atomic E-state index is 13.4. The van der Waals surface area contributed by atoms with Crippen LogP contribution < -0.4 is 0 Å². The van der Waals surface area contributed by atoms with Gasteiger partial charge in [0.05, 0.1) is 5.92 Å². The number of carbonyl (C=O) groups is 1. The average molecular weight is 413 g/mol. The predicted molar refractivity (Wildman–Crippen MR) is 121 cm³/mol. The van der Waals surface area contributed by atoms with E-state index in [1.54, 1.807) is 0 Å². The second-order valence-corrected chi connectivity index (χ2v) is 9.67. The molecule has 1 aliphatic carbocycles. The zero-order valence-corrected chi connectivity index (χ0v) is 18.8. The highest BCUT2D eigenvalue weighted by Crippen LogP contribution is 2.29. The lowest BCUT2D eigenvalue weighted by molar-refractivity contribution is -0.140. The van der Waals surface area contributed by atoms with E-state index in [2.05, 4.69) is 38.7 Å². The Morgan fingerprint density at radius 3 is 2.47 bits per heavy atom. The van der Waals surface area contributed by atoms with Gasteiger partial charge in [0.15, 0.2) is 0 Å². The minimum absolute atomic E-state index is 0.223. The zero-order valence-electron chi connectivity index (χ0n) is 18.8. The highest BCUT2D eigenvalue weighted by molar-refractivity contribution is 5.79. The standard InChI is InChI=1S/C25H40N4O/c1-2-15-29(24-7-3-4-8-24)25(30)22-6-5-16-28(20-22)23-11-17-27(18-12-23)19-21-9-13-26-14-10-21/h9-10,13-14,22-24H,2-8,11-12,15-20H2,1H3/t22-/m1/s1. The van der Waals surface area contributed by atoms with Crippen molar-refractivity contribution in [1.82, 2.24) is 19.7 Å². The van der Waals surface area contributed by atoms with Gasteiger partial charge in [-0.15, -0.1) is 0 Å². The Morgan fingerprint density at radius 1 is 1.03 bits per heavy atom. The van der Waals surface area contributed by atoms with Crippen molar-refractivity contribution in [2.45, 2.75) is 83.3 Å². The van der Waals surface area contributed by atoms with Crippen molar-refractivity contribution in [2.75, 3.05) is 32.7 Å². The molecular weight excluding hydrogens is 372 g/mol. The third-order valence-corrected chi connectivity index (χ3v) is 7.54. The number of aromatic nitrogens is 1. The molecule has 2 saturated heterocycles. The number of piperidine rings is 2. The van der Waals surface area contributed by atoms with Gasteiger partial charge in [0.2, 0.25) is 5.91 Å². The van der Waals surface area contributed by atoms with Crippen molar-refractivity contribution < 1.29 is 4.79 Å². The Labute approximate surface area is 182 Å². The van der Waals surface area contributed by atoms with E-state index in [1.807, 2.05) is 12.4 Å². The molecule has 1 aromatic rings. The van der Waals surface area contributed by atoms with Crippen LogP contribution in [0.4, 0.5) is 0 Å². The van der Waals surface area contributed by atoms with Crippen LogP contribution in [0.2, 0.25) is 0 Å². The highest BCUT2D eigenvalue weighted by Gasteiger charge is 2.35. The largest absolute Gasteiger partial charge is 0.339 e. The van der Waals surface area contributed by atoms with Crippen molar-refractivity contribution in [3.8, 4) is 0 Å². The first-order chi connectivity index (χ1) is 14.7. The van der Waals surface area contributed by atoms with E-state index in [0.29, 0.717) is 18.0 Å². The van der Waals surface area contributed by atoms with Crippen LogP contribution in [-0.2, 0) is 11.3 Å². The number of hydrogen-bond acceptors (Lipinski definition) is 4. The smallest absolute Gasteiger partial charge is 0.227 e. The van der Waals surface area contributed by atoms with Gasteiger partial charge in [-0.1, -0.05) is 19.8 Å². The normalized spacial score (nSPS) is 24.9. The van der Waals surface area contributed by atoms with Crippen LogP contribution >= 0.6 is 0 Å². The molecule has 0 radical (unpaired) electrons. The summed E-state index contributed by atoms with van der Waals surface area (Å²) in [6, 6.07) is 5.42. The van der Waals surface area contributed by atoms with Crippen LogP contribution in [0.15, 0.2) is 24.5 Å². The summed E-state index contributed by atoms with van der Waals surface area (Å²) in [7, 11) is 0. The molecule has 5 heteroatoms. The minimum atomic E-state index is 0.223. The zero-order chi connectivity index (χ0) is 20.8. The predicted octanol–water partition coefficient (Wildman–Crippen LogP) is 3.94. The number of carbonyl (C=O) groups excluding carboxylic acids is 1. The molecular formula is C25H40N4O. The third-order valence-electron chi connectivity index (χ3n) is 7.54. The molecule has 2 aliphatic heterocycles. The summed E-state index contributed by atoms with van der Waals surface area (Å²) in [5, 5.41) is 0. The summed E-state index contributed by atoms with van der Waals surface area (Å²) in [5.41, 5.74) is 1.36. The van der Waals surface area contributed by atoms with Crippen molar-refractivity contribution in [3.63, 3.8) is 0 Å². The summed E-state index contributed by atoms with van der Waals surface area (Å²) in [6.45, 7) is 8.67. The minimum Gasteiger partial charge on any atom is -0.339 e. The summed E-state index contributed by atoms with van der Waals surface area (Å²) < 4.78 is 0. The highest BCUT2D eigenvalue weighted by atomic mass is 16.2. The van der Waals surface area contributed by atoms with E-state index in [9.17, 15) is 4.79 Å². The Kier molecular flexibility index (Phi) is 7.78. The first kappa shape index (κ1) is 21.8. The van der Waals surface area contributed by atoms with Gasteiger partial charge in [-0.25, -0.2) is 0 Å². The lowest BCUT2D eigenvalue weighted by Crippen LogP contribution is -2.52. The molecule has 1 amide bonds. The van der Waals surface area contributed by atoms with E-state index in [-0.39, 0.29) is 5.92 Å². The first-order valence-corrected chi connectivity index (χ1v) is 12.4. The van der Waals surface area contributed by atoms with Gasteiger partial charge in [-0.3, -0.25) is 19.6 Å². The first-order valence-electron chi connectivity index (χ1n) is 12.4. The third kappa shape index (κ3) is 5.42. The van der Waals surface area contributed by atoms with Gasteiger partial charge >= 0.3 is 0 Å². The molecule has 0 aromatic carbocycles. The quantitative estimate of drug-likeness (QED) is 0.680. The molecule has 0 unspecified atom stereocenters. The molecule has 0 bridgehead atoms. The molecule has 1 atom stereocenters. The summed E-state index contributed by atoms with van der Waals surface area (Å²) >= 11 is 0. The van der Waals surface area contributed by atoms with Crippen molar-refractivity contribution >= 4 is 5.91 Å². The van der Waals surface area contributed by atoms with Crippen molar-refractivity contribution in [3.05, 3.63) is 30.1 Å². The molecule has 166 valence electrons. The van der Waals surface area contributed by atoms with Crippen molar-refractivity contribution in [1.29, 1.82) is 0 Å². The summed E-state index contributed by atoms with van der Waals surface area (Å²) in [4.78, 5) is 25.1. The number of likely N-dealkylation sites (tertiary alicyclic amines) is 2. The molecule has 4 rings (SSSR count). The molecule has 5 nitrogen and oxygen atoms in total. The molecule has 3 heterocycles. The second-order valence-electron chi connectivity index (χ2n) is 9.67. The fourth-order valence-corrected chi connectivity index (χ4v) is 5.89. The Hall–Kier alpha value is -1.46. The maximum absolute atomic E-state index is 13.4. The molecule has 30 heavy (non-hydrogen) atoms. The van der Waals surface area contributed by atoms with Gasteiger partial charge in [0.25, 0.3) is 0 Å². The van der Waals surface area contributed by atoms with E-state index in [4.69, 9.17) is 0 Å². The molecule has 0 spiro atoms. The summed E-state index contributed by atoms with van der Waals surface area (Å²) in [6.07, 6.45) is 14.6. The Balaban J connectivity index is 1.29. The van der Waals surface area contributed by atoms with Crippen LogP contribution in [0.5, 0.6) is 0 Å².